The summed E-state index contributed by atoms with van der Waals surface area (Å²) in [6, 6.07) is 10.8. The van der Waals surface area contributed by atoms with E-state index in [2.05, 4.69) is 10.6 Å². The molecule has 1 spiro atoms. The van der Waals surface area contributed by atoms with E-state index in [-0.39, 0.29) is 24.4 Å². The molecule has 1 aliphatic heterocycles. The summed E-state index contributed by atoms with van der Waals surface area (Å²) in [6.07, 6.45) is 1.26. The lowest BCUT2D eigenvalue weighted by atomic mass is 9.92. The van der Waals surface area contributed by atoms with E-state index in [4.69, 9.17) is 0 Å². The van der Waals surface area contributed by atoms with Gasteiger partial charge in [0.15, 0.2) is 0 Å². The summed E-state index contributed by atoms with van der Waals surface area (Å²) in [4.78, 5) is 39.9. The first-order valence-electron chi connectivity index (χ1n) is 8.56. The molecule has 6 nitrogen and oxygen atoms in total. The first-order valence-corrected chi connectivity index (χ1v) is 9.44. The van der Waals surface area contributed by atoms with Crippen LogP contribution in [0.1, 0.15) is 35.4 Å². The summed E-state index contributed by atoms with van der Waals surface area (Å²) < 4.78 is 0. The van der Waals surface area contributed by atoms with Crippen LogP contribution in [0.25, 0.3) is 0 Å². The number of urea groups is 1. The molecule has 2 heterocycles. The molecule has 2 N–H and O–H groups in total. The number of aryl methyl sites for hydroxylation is 1. The molecule has 1 saturated heterocycles. The number of carbonyl (C=O) groups is 3. The molecule has 1 aliphatic carbocycles. The fourth-order valence-corrected chi connectivity index (χ4v) is 4.51. The molecule has 4 amide bonds. The van der Waals surface area contributed by atoms with Gasteiger partial charge in [-0.25, -0.2) is 4.79 Å². The van der Waals surface area contributed by atoms with Crippen molar-refractivity contribution in [1.29, 1.82) is 0 Å². The van der Waals surface area contributed by atoms with Gasteiger partial charge < -0.3 is 10.6 Å². The Hall–Kier alpha value is -2.67. The maximum absolute atomic E-state index is 13.0. The molecule has 2 aromatic rings. The molecule has 2 aliphatic rings. The van der Waals surface area contributed by atoms with Gasteiger partial charge in [-0.2, -0.15) is 0 Å². The van der Waals surface area contributed by atoms with E-state index >= 15 is 0 Å². The number of carbonyl (C=O) groups excluding carboxylic acids is 3. The van der Waals surface area contributed by atoms with E-state index in [1.807, 2.05) is 48.7 Å². The van der Waals surface area contributed by atoms with Crippen molar-refractivity contribution >= 4 is 29.2 Å². The molecule has 0 saturated carbocycles. The van der Waals surface area contributed by atoms with Gasteiger partial charge in [-0.1, -0.05) is 30.3 Å². The zero-order valence-electron chi connectivity index (χ0n) is 14.3. The van der Waals surface area contributed by atoms with Gasteiger partial charge >= 0.3 is 6.03 Å². The number of rotatable bonds is 4. The second-order valence-electron chi connectivity index (χ2n) is 6.69. The fourth-order valence-electron chi connectivity index (χ4n) is 3.77. The van der Waals surface area contributed by atoms with Crippen LogP contribution in [0.2, 0.25) is 0 Å². The van der Waals surface area contributed by atoms with Crippen LogP contribution in [0.5, 0.6) is 0 Å². The predicted octanol–water partition coefficient (Wildman–Crippen LogP) is 2.32. The van der Waals surface area contributed by atoms with Gasteiger partial charge in [-0.05, 0) is 42.3 Å². The van der Waals surface area contributed by atoms with E-state index < -0.39 is 11.6 Å². The van der Waals surface area contributed by atoms with Gasteiger partial charge in [0.2, 0.25) is 5.91 Å². The highest BCUT2D eigenvalue weighted by Crippen LogP contribution is 2.41. The summed E-state index contributed by atoms with van der Waals surface area (Å²) >= 11 is 1.55. The van der Waals surface area contributed by atoms with Crippen molar-refractivity contribution in [2.45, 2.75) is 31.3 Å². The van der Waals surface area contributed by atoms with Gasteiger partial charge in [-0.15, -0.1) is 11.3 Å². The summed E-state index contributed by atoms with van der Waals surface area (Å²) in [7, 11) is 0. The van der Waals surface area contributed by atoms with Crippen molar-refractivity contribution in [1.82, 2.24) is 15.5 Å². The maximum atomic E-state index is 13.0. The number of imide groups is 1. The third kappa shape index (κ3) is 2.59. The summed E-state index contributed by atoms with van der Waals surface area (Å²) in [5.74, 6) is -0.691. The van der Waals surface area contributed by atoms with E-state index in [0.717, 1.165) is 27.3 Å². The molecule has 0 radical (unpaired) electrons. The molecule has 1 aromatic carbocycles. The minimum Gasteiger partial charge on any atom is -0.347 e. The van der Waals surface area contributed by atoms with Crippen molar-refractivity contribution in [3.05, 3.63) is 57.8 Å². The number of nitrogens with one attached hydrogen (secondary N) is 2. The molecule has 2 atom stereocenters. The molecule has 1 fully saturated rings. The molecule has 134 valence electrons. The van der Waals surface area contributed by atoms with Gasteiger partial charge in [0.1, 0.15) is 12.1 Å². The number of hydrogen-bond acceptors (Lipinski definition) is 4. The number of nitrogens with zero attached hydrogens (tertiary/aromatic N) is 1. The van der Waals surface area contributed by atoms with Crippen LogP contribution < -0.4 is 10.6 Å². The highest BCUT2D eigenvalue weighted by atomic mass is 32.1. The highest BCUT2D eigenvalue weighted by molar-refractivity contribution is 7.10. The molecule has 1 aromatic heterocycles. The van der Waals surface area contributed by atoms with E-state index in [0.29, 0.717) is 6.42 Å². The molecular formula is C19H19N3O3S. The van der Waals surface area contributed by atoms with Crippen LogP contribution in [0.3, 0.4) is 0 Å². The van der Waals surface area contributed by atoms with Crippen LogP contribution in [0.15, 0.2) is 41.8 Å². The Labute approximate surface area is 155 Å². The van der Waals surface area contributed by atoms with Crippen LogP contribution in [0.4, 0.5) is 4.79 Å². The standard InChI is InChI=1S/C19H19N3O3S/c1-12(15-7-4-10-26-15)20-16(23)11-22-17(24)19(21-18(22)25)9-8-13-5-2-3-6-14(13)19/h2-7,10,12H,8-9,11H2,1H3,(H,20,23)(H,21,25). The van der Waals surface area contributed by atoms with Gasteiger partial charge in [-0.3, -0.25) is 14.5 Å². The van der Waals surface area contributed by atoms with Crippen molar-refractivity contribution in [2.24, 2.45) is 0 Å². The smallest absolute Gasteiger partial charge is 0.325 e. The van der Waals surface area contributed by atoms with Crippen molar-refractivity contribution in [3.8, 4) is 0 Å². The van der Waals surface area contributed by atoms with E-state index in [1.165, 1.54) is 0 Å². The third-order valence-electron chi connectivity index (χ3n) is 5.07. The second-order valence-corrected chi connectivity index (χ2v) is 7.67. The zero-order valence-corrected chi connectivity index (χ0v) is 15.1. The van der Waals surface area contributed by atoms with Gasteiger partial charge in [0.25, 0.3) is 5.91 Å². The Morgan fingerprint density at radius 3 is 2.88 bits per heavy atom. The monoisotopic (exact) mass is 369 g/mol. The second kappa shape index (κ2) is 6.25. The van der Waals surface area contributed by atoms with Crippen molar-refractivity contribution in [3.63, 3.8) is 0 Å². The van der Waals surface area contributed by atoms with Crippen LogP contribution >= 0.6 is 11.3 Å². The first kappa shape index (κ1) is 16.8. The van der Waals surface area contributed by atoms with Crippen LogP contribution in [-0.2, 0) is 21.5 Å². The van der Waals surface area contributed by atoms with Crippen LogP contribution in [0, 0.1) is 0 Å². The molecule has 0 bridgehead atoms. The molecule has 4 rings (SSSR count). The van der Waals surface area contributed by atoms with Gasteiger partial charge in [0.05, 0.1) is 6.04 Å². The number of amides is 4. The fraction of sp³-hybridized carbons (Fsp3) is 0.316. The number of fused-ring (bicyclic) bond motifs is 2. The first-order chi connectivity index (χ1) is 12.5. The average molecular weight is 369 g/mol. The number of thiophene rings is 1. The Kier molecular flexibility index (Phi) is 4.03. The van der Waals surface area contributed by atoms with Crippen molar-refractivity contribution in [2.75, 3.05) is 6.54 Å². The highest BCUT2D eigenvalue weighted by Gasteiger charge is 2.55. The Bertz CT molecular complexity index is 880. The Morgan fingerprint density at radius 1 is 1.31 bits per heavy atom. The third-order valence-corrected chi connectivity index (χ3v) is 6.13. The zero-order chi connectivity index (χ0) is 18.3. The minimum atomic E-state index is -1.02. The summed E-state index contributed by atoms with van der Waals surface area (Å²) in [5.41, 5.74) is 0.889. The number of hydrogen-bond donors (Lipinski definition) is 2. The predicted molar refractivity (Wildman–Crippen MR) is 97.6 cm³/mol. The minimum absolute atomic E-state index is 0.163. The average Bonchev–Trinajstić information content (AvgIpc) is 3.32. The largest absolute Gasteiger partial charge is 0.347 e. The lowest BCUT2D eigenvalue weighted by Gasteiger charge is -2.22. The van der Waals surface area contributed by atoms with Gasteiger partial charge in [0, 0.05) is 4.88 Å². The van der Waals surface area contributed by atoms with Crippen LogP contribution in [-0.4, -0.2) is 29.3 Å². The molecular weight excluding hydrogens is 350 g/mol. The number of benzene rings is 1. The van der Waals surface area contributed by atoms with Crippen molar-refractivity contribution < 1.29 is 14.4 Å². The molecule has 26 heavy (non-hydrogen) atoms. The van der Waals surface area contributed by atoms with E-state index in [9.17, 15) is 14.4 Å². The Balaban J connectivity index is 1.49. The SMILES string of the molecule is CC(NC(=O)CN1C(=O)NC2(CCc3ccccc32)C1=O)c1cccs1. The Morgan fingerprint density at radius 2 is 2.12 bits per heavy atom. The lowest BCUT2D eigenvalue weighted by Crippen LogP contribution is -2.44. The molecule has 7 heteroatoms. The summed E-state index contributed by atoms with van der Waals surface area (Å²) in [6.45, 7) is 1.61. The quantitative estimate of drug-likeness (QED) is 0.812. The maximum Gasteiger partial charge on any atom is 0.325 e. The molecule has 2 unspecified atom stereocenters. The lowest BCUT2D eigenvalue weighted by molar-refractivity contribution is -0.135. The normalized spacial score (nSPS) is 22.4. The van der Waals surface area contributed by atoms with E-state index in [1.54, 1.807) is 11.3 Å². The summed E-state index contributed by atoms with van der Waals surface area (Å²) in [5, 5.41) is 7.62. The topological polar surface area (TPSA) is 78.5 Å².